The van der Waals surface area contributed by atoms with Gasteiger partial charge < -0.3 is 14.9 Å². The Bertz CT molecular complexity index is 1320. The molecule has 0 unspecified atom stereocenters. The van der Waals surface area contributed by atoms with Crippen LogP contribution in [0, 0.1) is 16.7 Å². The van der Waals surface area contributed by atoms with Crippen LogP contribution >= 0.6 is 0 Å². The summed E-state index contributed by atoms with van der Waals surface area (Å²) in [5, 5.41) is 20.3. The molecule has 0 aromatic rings. The van der Waals surface area contributed by atoms with Crippen LogP contribution in [0.1, 0.15) is 88.5 Å². The monoisotopic (exact) mass is 584 g/mol. The molecule has 0 bridgehead atoms. The number of hydrogen-bond acceptors (Lipinski definition) is 3. The number of ether oxygens (including phenoxy) is 1. The fourth-order valence-corrected chi connectivity index (χ4v) is 7.07. The van der Waals surface area contributed by atoms with E-state index in [1.165, 1.54) is 27.9 Å². The smallest absolute Gasteiger partial charge is 0.121 e. The Balaban J connectivity index is 1.49. The van der Waals surface area contributed by atoms with Crippen LogP contribution in [0.15, 0.2) is 119 Å². The minimum atomic E-state index is -0.333. The Morgan fingerprint density at radius 2 is 1.23 bits per heavy atom. The molecule has 0 aromatic heterocycles. The number of rotatable bonds is 10. The van der Waals surface area contributed by atoms with Gasteiger partial charge in [0.25, 0.3) is 0 Å². The molecule has 0 aromatic carbocycles. The first-order chi connectivity index (χ1) is 20.0. The predicted octanol–water partition coefficient (Wildman–Crippen LogP) is 9.61. The lowest BCUT2D eigenvalue weighted by Gasteiger charge is -2.39. The molecule has 43 heavy (non-hydrogen) atoms. The molecule has 0 amide bonds. The molecule has 1 aliphatic heterocycles. The van der Waals surface area contributed by atoms with E-state index in [1.54, 1.807) is 0 Å². The topological polar surface area (TPSA) is 53.0 Å². The quantitative estimate of drug-likeness (QED) is 0.153. The molecule has 1 saturated carbocycles. The van der Waals surface area contributed by atoms with Crippen molar-refractivity contribution in [2.75, 3.05) is 0 Å². The number of aliphatic hydroxyl groups is 2. The lowest BCUT2D eigenvalue weighted by molar-refractivity contribution is 0.0515. The fraction of sp³-hybridized carbons (Fsp3) is 0.500. The van der Waals surface area contributed by atoms with Crippen molar-refractivity contribution in [3.8, 4) is 0 Å². The van der Waals surface area contributed by atoms with E-state index in [4.69, 9.17) is 4.74 Å². The van der Waals surface area contributed by atoms with Crippen molar-refractivity contribution in [3.63, 3.8) is 0 Å². The van der Waals surface area contributed by atoms with Crippen molar-refractivity contribution in [3.05, 3.63) is 119 Å². The summed E-state index contributed by atoms with van der Waals surface area (Å²) < 4.78 is 6.25. The minimum absolute atomic E-state index is 0.0547. The second kappa shape index (κ2) is 13.9. The van der Waals surface area contributed by atoms with Crippen LogP contribution in [0.4, 0.5) is 0 Å². The van der Waals surface area contributed by atoms with Crippen LogP contribution in [0.3, 0.4) is 0 Å². The number of aliphatic hydroxyl groups excluding tert-OH is 2. The highest BCUT2D eigenvalue weighted by molar-refractivity contribution is 5.37. The van der Waals surface area contributed by atoms with Crippen molar-refractivity contribution in [2.45, 2.75) is 112 Å². The van der Waals surface area contributed by atoms with E-state index in [0.29, 0.717) is 12.3 Å². The summed E-state index contributed by atoms with van der Waals surface area (Å²) in [4.78, 5) is 0. The van der Waals surface area contributed by atoms with Gasteiger partial charge in [-0.25, -0.2) is 0 Å². The van der Waals surface area contributed by atoms with Gasteiger partial charge in [-0.1, -0.05) is 141 Å². The van der Waals surface area contributed by atoms with Crippen molar-refractivity contribution in [2.24, 2.45) is 16.7 Å². The summed E-state index contributed by atoms with van der Waals surface area (Å²) in [5.41, 5.74) is 5.38. The lowest BCUT2D eigenvalue weighted by atomic mass is 9.63. The summed E-state index contributed by atoms with van der Waals surface area (Å²) in [6.45, 7) is 21.5. The van der Waals surface area contributed by atoms with Crippen molar-refractivity contribution < 1.29 is 14.9 Å². The molecule has 1 heterocycles. The molecule has 0 radical (unpaired) electrons. The van der Waals surface area contributed by atoms with Gasteiger partial charge in [0, 0.05) is 17.8 Å². The maximum Gasteiger partial charge on any atom is 0.121 e. The SMILES string of the molecule is CC1=C[C@@H](O)CC(C)(C)[C@@H]1/C=C/C(C)=C/C=C/C(C)=C/C=C/C=C(C)/C=C/C=C(C)/C=C/[C@]12O[C@@]1(C)C[C@@H](O)CC2(C)C. The average molecular weight is 585 g/mol. The van der Waals surface area contributed by atoms with Gasteiger partial charge in [-0.05, 0) is 65.9 Å². The Kier molecular flexibility index (Phi) is 11.3. The lowest BCUT2D eigenvalue weighted by Crippen LogP contribution is -2.46. The third-order valence-corrected chi connectivity index (χ3v) is 9.43. The maximum atomic E-state index is 10.2. The van der Waals surface area contributed by atoms with E-state index in [-0.39, 0.29) is 34.2 Å². The third kappa shape index (κ3) is 8.91. The molecule has 2 aliphatic carbocycles. The normalized spacial score (nSPS) is 33.8. The van der Waals surface area contributed by atoms with Crippen LogP contribution in [-0.4, -0.2) is 33.6 Å². The van der Waals surface area contributed by atoms with Crippen LogP contribution in [0.2, 0.25) is 0 Å². The molecule has 5 atom stereocenters. The van der Waals surface area contributed by atoms with Crippen LogP contribution in [0.5, 0.6) is 0 Å². The largest absolute Gasteiger partial charge is 0.393 e. The third-order valence-electron chi connectivity index (χ3n) is 9.43. The van der Waals surface area contributed by atoms with Gasteiger partial charge in [0.1, 0.15) is 11.2 Å². The van der Waals surface area contributed by atoms with Crippen LogP contribution < -0.4 is 0 Å². The van der Waals surface area contributed by atoms with Gasteiger partial charge in [0.2, 0.25) is 0 Å². The average Bonchev–Trinajstić information content (AvgIpc) is 3.49. The Labute approximate surface area is 262 Å². The summed E-state index contributed by atoms with van der Waals surface area (Å²) in [7, 11) is 0. The van der Waals surface area contributed by atoms with E-state index in [1.807, 2.05) is 6.08 Å². The van der Waals surface area contributed by atoms with Gasteiger partial charge in [-0.2, -0.15) is 0 Å². The van der Waals surface area contributed by atoms with E-state index >= 15 is 0 Å². The second-order valence-corrected chi connectivity index (χ2v) is 14.6. The zero-order chi connectivity index (χ0) is 32.1. The Morgan fingerprint density at radius 1 is 0.721 bits per heavy atom. The van der Waals surface area contributed by atoms with E-state index in [2.05, 4.69) is 154 Å². The fourth-order valence-electron chi connectivity index (χ4n) is 7.07. The molecular weight excluding hydrogens is 528 g/mol. The van der Waals surface area contributed by atoms with E-state index in [9.17, 15) is 10.2 Å². The van der Waals surface area contributed by atoms with Crippen molar-refractivity contribution in [1.82, 2.24) is 0 Å². The molecule has 3 nitrogen and oxygen atoms in total. The molecule has 3 heteroatoms. The standard InChI is InChI=1S/C40H56O3/c1-29(17-13-19-31(3)21-22-36-33(5)25-34(41)26-37(36,6)7)15-11-12-16-30(2)18-14-20-32(4)23-24-40-38(8,9)27-35(42)28-39(40,10)43-40/h11-25,34-36,41-42H,26-28H2,1-10H3/b12-11+,17-13+,18-14+,22-21+,24-23+,29-15+,30-16+,31-19+,32-20+/t34-,35+,36-,39+,40-/m1/s1. The Hall–Kier alpha value is -2.72. The maximum absolute atomic E-state index is 10.2. The number of fused-ring (bicyclic) bond motifs is 1. The highest BCUT2D eigenvalue weighted by Crippen LogP contribution is 2.66. The summed E-state index contributed by atoms with van der Waals surface area (Å²) in [6.07, 6.45) is 33.5. The van der Waals surface area contributed by atoms with E-state index in [0.717, 1.165) is 12.8 Å². The highest BCUT2D eigenvalue weighted by atomic mass is 16.6. The van der Waals surface area contributed by atoms with Gasteiger partial charge >= 0.3 is 0 Å². The second-order valence-electron chi connectivity index (χ2n) is 14.6. The first kappa shape index (κ1) is 34.8. The molecule has 2 N–H and O–H groups in total. The molecule has 3 rings (SSSR count). The zero-order valence-corrected chi connectivity index (χ0v) is 28.3. The predicted molar refractivity (Wildman–Crippen MR) is 184 cm³/mol. The zero-order valence-electron chi connectivity index (χ0n) is 28.3. The summed E-state index contributed by atoms with van der Waals surface area (Å²) in [6, 6.07) is 0. The summed E-state index contributed by atoms with van der Waals surface area (Å²) >= 11 is 0. The minimum Gasteiger partial charge on any atom is -0.393 e. The molecule has 0 spiro atoms. The van der Waals surface area contributed by atoms with Gasteiger partial charge in [-0.15, -0.1) is 0 Å². The highest BCUT2D eigenvalue weighted by Gasteiger charge is 2.74. The Morgan fingerprint density at radius 3 is 1.77 bits per heavy atom. The molecular formula is C40H56O3. The number of epoxide rings is 1. The van der Waals surface area contributed by atoms with E-state index < -0.39 is 0 Å². The summed E-state index contributed by atoms with van der Waals surface area (Å²) in [5.74, 6) is 0.345. The first-order valence-electron chi connectivity index (χ1n) is 15.8. The van der Waals surface area contributed by atoms with Gasteiger partial charge in [0.15, 0.2) is 0 Å². The van der Waals surface area contributed by atoms with Crippen molar-refractivity contribution >= 4 is 0 Å². The van der Waals surface area contributed by atoms with Crippen LogP contribution in [0.25, 0.3) is 0 Å². The van der Waals surface area contributed by atoms with Crippen LogP contribution in [-0.2, 0) is 4.74 Å². The first-order valence-corrected chi connectivity index (χ1v) is 15.8. The number of hydrogen-bond donors (Lipinski definition) is 2. The molecule has 3 aliphatic rings. The van der Waals surface area contributed by atoms with Gasteiger partial charge in [-0.3, -0.25) is 0 Å². The number of allylic oxidation sites excluding steroid dienone is 18. The molecule has 234 valence electrons. The van der Waals surface area contributed by atoms with Gasteiger partial charge in [0.05, 0.1) is 12.2 Å². The molecule has 1 saturated heterocycles. The molecule has 2 fully saturated rings. The van der Waals surface area contributed by atoms with Crippen molar-refractivity contribution in [1.29, 1.82) is 0 Å².